The topological polar surface area (TPSA) is 132 Å². The molecule has 4 N–H and O–H groups in total. The molecule has 1 rings (SSSR count). The second-order valence-corrected chi connectivity index (χ2v) is 5.25. The molecular formula is C14H17BrN4O5. The van der Waals surface area contributed by atoms with Crippen LogP contribution in [0, 0.1) is 0 Å². The van der Waals surface area contributed by atoms with Crippen LogP contribution in [0.5, 0.6) is 5.75 Å². The molecule has 1 aromatic carbocycles. The zero-order chi connectivity index (χ0) is 17.9. The summed E-state index contributed by atoms with van der Waals surface area (Å²) in [6.07, 6.45) is 1.35. The maximum absolute atomic E-state index is 11.4. The van der Waals surface area contributed by atoms with Crippen LogP contribution in [0.15, 0.2) is 27.8 Å². The number of halogens is 1. The van der Waals surface area contributed by atoms with E-state index in [4.69, 9.17) is 15.2 Å². The third-order valence-corrected chi connectivity index (χ3v) is 3.12. The monoisotopic (exact) mass is 400 g/mol. The number of hydrogen-bond acceptors (Lipinski definition) is 6. The zero-order valence-electron chi connectivity index (χ0n) is 12.9. The van der Waals surface area contributed by atoms with Crippen molar-refractivity contribution in [2.24, 2.45) is 10.8 Å². The SMILES string of the molecule is COCCNC(=O)C(=O)N/N=C\c1ccc(OCC(N)=O)c(Br)c1. The minimum absolute atomic E-state index is 0.228. The average Bonchev–Trinajstić information content (AvgIpc) is 2.53. The summed E-state index contributed by atoms with van der Waals surface area (Å²) in [5.74, 6) is -1.84. The van der Waals surface area contributed by atoms with E-state index < -0.39 is 17.7 Å². The molecule has 0 radical (unpaired) electrons. The van der Waals surface area contributed by atoms with Crippen LogP contribution in [0.2, 0.25) is 0 Å². The molecule has 0 atom stereocenters. The number of nitrogens with one attached hydrogen (secondary N) is 2. The second kappa shape index (κ2) is 10.3. The molecule has 0 aliphatic carbocycles. The number of ether oxygens (including phenoxy) is 2. The Hall–Kier alpha value is -2.46. The number of nitrogens with two attached hydrogens (primary N) is 1. The number of methoxy groups -OCH3 is 1. The quantitative estimate of drug-likeness (QED) is 0.234. The van der Waals surface area contributed by atoms with Gasteiger partial charge in [0.1, 0.15) is 5.75 Å². The minimum atomic E-state index is -0.886. The lowest BCUT2D eigenvalue weighted by molar-refractivity contribution is -0.139. The first-order chi connectivity index (χ1) is 11.4. The van der Waals surface area contributed by atoms with Gasteiger partial charge in [0.25, 0.3) is 5.91 Å². The van der Waals surface area contributed by atoms with E-state index in [2.05, 4.69) is 31.8 Å². The Balaban J connectivity index is 2.52. The molecule has 10 heteroatoms. The highest BCUT2D eigenvalue weighted by molar-refractivity contribution is 9.10. The van der Waals surface area contributed by atoms with Crippen LogP contribution >= 0.6 is 15.9 Å². The summed E-state index contributed by atoms with van der Waals surface area (Å²) in [7, 11) is 1.48. The van der Waals surface area contributed by atoms with Gasteiger partial charge < -0.3 is 20.5 Å². The maximum Gasteiger partial charge on any atom is 0.329 e. The van der Waals surface area contributed by atoms with E-state index in [-0.39, 0.29) is 13.2 Å². The van der Waals surface area contributed by atoms with Crippen molar-refractivity contribution >= 4 is 39.9 Å². The number of amides is 3. The first-order valence-corrected chi connectivity index (χ1v) is 7.54. The van der Waals surface area contributed by atoms with Crippen molar-refractivity contribution in [2.75, 3.05) is 26.9 Å². The molecule has 0 unspecified atom stereocenters. The van der Waals surface area contributed by atoms with Gasteiger partial charge in [0.15, 0.2) is 6.61 Å². The summed E-state index contributed by atoms with van der Waals surface area (Å²) in [5, 5.41) is 6.04. The van der Waals surface area contributed by atoms with Crippen molar-refractivity contribution in [3.63, 3.8) is 0 Å². The number of rotatable bonds is 8. The highest BCUT2D eigenvalue weighted by atomic mass is 79.9. The Morgan fingerprint density at radius 3 is 2.71 bits per heavy atom. The number of carbonyl (C=O) groups excluding carboxylic acids is 3. The molecule has 0 spiro atoms. The molecule has 24 heavy (non-hydrogen) atoms. The molecule has 9 nitrogen and oxygen atoms in total. The fourth-order valence-corrected chi connectivity index (χ4v) is 1.94. The molecule has 1 aromatic rings. The van der Waals surface area contributed by atoms with Crippen LogP contribution in [0.3, 0.4) is 0 Å². The third-order valence-electron chi connectivity index (χ3n) is 2.50. The van der Waals surface area contributed by atoms with Gasteiger partial charge in [0.2, 0.25) is 0 Å². The lowest BCUT2D eigenvalue weighted by Gasteiger charge is -2.06. The van der Waals surface area contributed by atoms with E-state index in [0.717, 1.165) is 0 Å². The second-order valence-electron chi connectivity index (χ2n) is 4.39. The van der Waals surface area contributed by atoms with Gasteiger partial charge in [-0.25, -0.2) is 5.43 Å². The molecule has 0 aliphatic rings. The lowest BCUT2D eigenvalue weighted by atomic mass is 10.2. The highest BCUT2D eigenvalue weighted by Crippen LogP contribution is 2.25. The number of carbonyl (C=O) groups is 3. The van der Waals surface area contributed by atoms with Gasteiger partial charge in [-0.05, 0) is 39.7 Å². The van der Waals surface area contributed by atoms with Crippen molar-refractivity contribution in [1.82, 2.24) is 10.7 Å². The van der Waals surface area contributed by atoms with Crippen molar-refractivity contribution in [3.05, 3.63) is 28.2 Å². The van der Waals surface area contributed by atoms with Crippen molar-refractivity contribution in [1.29, 1.82) is 0 Å². The fourth-order valence-electron chi connectivity index (χ4n) is 1.43. The molecule has 0 bridgehead atoms. The largest absolute Gasteiger partial charge is 0.483 e. The summed E-state index contributed by atoms with van der Waals surface area (Å²) in [5.41, 5.74) is 7.73. The van der Waals surface area contributed by atoms with E-state index in [1.54, 1.807) is 18.2 Å². The molecule has 0 aliphatic heterocycles. The van der Waals surface area contributed by atoms with Gasteiger partial charge in [0, 0.05) is 13.7 Å². The van der Waals surface area contributed by atoms with Gasteiger partial charge in [-0.1, -0.05) is 0 Å². The van der Waals surface area contributed by atoms with Crippen molar-refractivity contribution in [3.8, 4) is 5.75 Å². The van der Waals surface area contributed by atoms with E-state index in [9.17, 15) is 14.4 Å². The van der Waals surface area contributed by atoms with Gasteiger partial charge in [0.05, 0.1) is 17.3 Å². The first-order valence-electron chi connectivity index (χ1n) is 6.75. The maximum atomic E-state index is 11.4. The molecule has 130 valence electrons. The van der Waals surface area contributed by atoms with Crippen LogP contribution in [-0.2, 0) is 19.1 Å². The van der Waals surface area contributed by atoms with E-state index in [0.29, 0.717) is 22.4 Å². The van der Waals surface area contributed by atoms with Crippen molar-refractivity contribution < 1.29 is 23.9 Å². The molecule has 3 amide bonds. The molecule has 0 saturated carbocycles. The Kier molecular flexibility index (Phi) is 8.44. The Labute approximate surface area is 146 Å². The average molecular weight is 401 g/mol. The molecular weight excluding hydrogens is 384 g/mol. The Morgan fingerprint density at radius 1 is 1.33 bits per heavy atom. The smallest absolute Gasteiger partial charge is 0.329 e. The van der Waals surface area contributed by atoms with Crippen LogP contribution in [-0.4, -0.2) is 50.8 Å². The summed E-state index contributed by atoms with van der Waals surface area (Å²) in [6.45, 7) is 0.299. The summed E-state index contributed by atoms with van der Waals surface area (Å²) in [4.78, 5) is 33.5. The molecule has 0 aromatic heterocycles. The number of nitrogens with zero attached hydrogens (tertiary/aromatic N) is 1. The lowest BCUT2D eigenvalue weighted by Crippen LogP contribution is -2.39. The van der Waals surface area contributed by atoms with E-state index in [1.165, 1.54) is 13.3 Å². The van der Waals surface area contributed by atoms with Crippen LogP contribution in [0.25, 0.3) is 0 Å². The van der Waals surface area contributed by atoms with Crippen molar-refractivity contribution in [2.45, 2.75) is 0 Å². The normalized spacial score (nSPS) is 10.4. The first kappa shape index (κ1) is 19.6. The van der Waals surface area contributed by atoms with Gasteiger partial charge in [-0.2, -0.15) is 5.10 Å². The molecule has 0 saturated heterocycles. The van der Waals surface area contributed by atoms with Gasteiger partial charge >= 0.3 is 11.8 Å². The molecule has 0 fully saturated rings. The summed E-state index contributed by atoms with van der Waals surface area (Å²) >= 11 is 3.27. The molecule has 0 heterocycles. The van der Waals surface area contributed by atoms with Crippen LogP contribution < -0.4 is 21.2 Å². The van der Waals surface area contributed by atoms with E-state index >= 15 is 0 Å². The standard InChI is InChI=1S/C14H17BrN4O5/c1-23-5-4-17-13(21)14(22)19-18-7-9-2-3-11(10(15)6-9)24-8-12(16)20/h2-3,6-7H,4-5,8H2,1H3,(H2,16,20)(H,17,21)(H,19,22)/b18-7-. The van der Waals surface area contributed by atoms with E-state index in [1.807, 2.05) is 0 Å². The summed E-state index contributed by atoms with van der Waals surface area (Å²) in [6, 6.07) is 4.91. The predicted molar refractivity (Wildman–Crippen MR) is 89.5 cm³/mol. The highest BCUT2D eigenvalue weighted by Gasteiger charge is 2.11. The van der Waals surface area contributed by atoms with Crippen LogP contribution in [0.4, 0.5) is 0 Å². The number of benzene rings is 1. The van der Waals surface area contributed by atoms with Crippen LogP contribution in [0.1, 0.15) is 5.56 Å². The van der Waals surface area contributed by atoms with Gasteiger partial charge in [-0.15, -0.1) is 0 Å². The number of hydrogen-bond donors (Lipinski definition) is 3. The minimum Gasteiger partial charge on any atom is -0.483 e. The Morgan fingerprint density at radius 2 is 2.08 bits per heavy atom. The Bertz CT molecular complexity index is 636. The number of primary amides is 1. The van der Waals surface area contributed by atoms with Gasteiger partial charge in [-0.3, -0.25) is 14.4 Å². The number of hydrazone groups is 1. The zero-order valence-corrected chi connectivity index (χ0v) is 14.5. The predicted octanol–water partition coefficient (Wildman–Crippen LogP) is -0.474. The summed E-state index contributed by atoms with van der Waals surface area (Å²) < 4.78 is 10.5. The fraction of sp³-hybridized carbons (Fsp3) is 0.286. The third kappa shape index (κ3) is 7.20.